The zero-order valence-corrected chi connectivity index (χ0v) is 8.94. The summed E-state index contributed by atoms with van der Waals surface area (Å²) in [7, 11) is 0. The maximum Gasteiger partial charge on any atom is 0.362 e. The van der Waals surface area contributed by atoms with Crippen molar-refractivity contribution in [2.75, 3.05) is 6.61 Å². The molecule has 1 saturated heterocycles. The summed E-state index contributed by atoms with van der Waals surface area (Å²) in [5.74, 6) is 0.522. The van der Waals surface area contributed by atoms with Gasteiger partial charge in [-0.2, -0.15) is 4.21 Å². The highest BCUT2D eigenvalue weighted by Gasteiger charge is 2.20. The lowest BCUT2D eigenvalue weighted by Gasteiger charge is -2.09. The van der Waals surface area contributed by atoms with Crippen LogP contribution in [-0.2, 0) is 20.3 Å². The Morgan fingerprint density at radius 2 is 2.13 bits per heavy atom. The second-order valence-corrected chi connectivity index (χ2v) is 3.91. The fourth-order valence-corrected chi connectivity index (χ4v) is 1.92. The van der Waals surface area contributed by atoms with Crippen LogP contribution in [0.25, 0.3) is 0 Å². The first kappa shape index (κ1) is 10.6. The molecule has 0 spiro atoms. The number of rotatable bonds is 4. The van der Waals surface area contributed by atoms with Crippen molar-refractivity contribution in [1.82, 2.24) is 0 Å². The zero-order valence-electron chi connectivity index (χ0n) is 8.13. The Balaban J connectivity index is 1.82. The Morgan fingerprint density at radius 1 is 1.33 bits per heavy atom. The van der Waals surface area contributed by atoms with Crippen molar-refractivity contribution in [3.63, 3.8) is 0 Å². The average Bonchev–Trinajstić information content (AvgIpc) is 2.71. The maximum atomic E-state index is 11.4. The van der Waals surface area contributed by atoms with Gasteiger partial charge in [0.15, 0.2) is 6.29 Å². The van der Waals surface area contributed by atoms with Crippen molar-refractivity contribution >= 4 is 11.4 Å². The second-order valence-electron chi connectivity index (χ2n) is 3.14. The van der Waals surface area contributed by atoms with E-state index in [4.69, 9.17) is 13.1 Å². The molecule has 0 N–H and O–H groups in total. The minimum absolute atomic E-state index is 0.394. The highest BCUT2D eigenvalue weighted by Crippen LogP contribution is 2.16. The molecular formula is C10H12O4S. The van der Waals surface area contributed by atoms with Crippen molar-refractivity contribution in [1.29, 1.82) is 0 Å². The largest absolute Gasteiger partial charge is 0.380 e. The van der Waals surface area contributed by atoms with Gasteiger partial charge < -0.3 is 8.92 Å². The first-order valence-electron chi connectivity index (χ1n) is 4.78. The Morgan fingerprint density at radius 3 is 2.80 bits per heavy atom. The van der Waals surface area contributed by atoms with E-state index >= 15 is 0 Å². The molecule has 0 aliphatic carbocycles. The van der Waals surface area contributed by atoms with Gasteiger partial charge in [0.05, 0.1) is 0 Å². The van der Waals surface area contributed by atoms with E-state index in [1.54, 1.807) is 24.3 Å². The van der Waals surface area contributed by atoms with Gasteiger partial charge in [-0.05, 0) is 18.6 Å². The third-order valence-electron chi connectivity index (χ3n) is 1.98. The summed E-state index contributed by atoms with van der Waals surface area (Å²) in [6, 6.07) is 8.90. The van der Waals surface area contributed by atoms with Gasteiger partial charge in [0, 0.05) is 13.0 Å². The monoisotopic (exact) mass is 228 g/mol. The quantitative estimate of drug-likeness (QED) is 0.788. The highest BCUT2D eigenvalue weighted by atomic mass is 32.2. The van der Waals surface area contributed by atoms with E-state index in [0.717, 1.165) is 12.8 Å². The third kappa shape index (κ3) is 3.30. The normalized spacial score (nSPS) is 22.5. The van der Waals surface area contributed by atoms with Crippen molar-refractivity contribution in [3.8, 4) is 5.75 Å². The Labute approximate surface area is 91.0 Å². The van der Waals surface area contributed by atoms with E-state index in [1.807, 2.05) is 6.07 Å². The van der Waals surface area contributed by atoms with Crippen LogP contribution in [-0.4, -0.2) is 17.1 Å². The topological polar surface area (TPSA) is 44.8 Å². The minimum atomic E-state index is -1.79. The molecule has 1 heterocycles. The van der Waals surface area contributed by atoms with Crippen LogP contribution in [0.1, 0.15) is 12.8 Å². The second kappa shape index (κ2) is 5.25. The molecule has 82 valence electrons. The molecular weight excluding hydrogens is 216 g/mol. The molecule has 4 nitrogen and oxygen atoms in total. The molecule has 0 saturated carbocycles. The van der Waals surface area contributed by atoms with Gasteiger partial charge in [0.25, 0.3) is 0 Å². The number of ether oxygens (including phenoxy) is 1. The molecule has 0 bridgehead atoms. The van der Waals surface area contributed by atoms with Crippen LogP contribution in [0, 0.1) is 0 Å². The molecule has 1 aromatic carbocycles. The van der Waals surface area contributed by atoms with Crippen LogP contribution in [0.4, 0.5) is 0 Å². The lowest BCUT2D eigenvalue weighted by atomic mass is 10.3. The van der Waals surface area contributed by atoms with E-state index in [0.29, 0.717) is 12.4 Å². The highest BCUT2D eigenvalue weighted by molar-refractivity contribution is 7.75. The molecule has 0 radical (unpaired) electrons. The smallest absolute Gasteiger partial charge is 0.362 e. The van der Waals surface area contributed by atoms with Gasteiger partial charge in [-0.3, -0.25) is 0 Å². The van der Waals surface area contributed by atoms with Crippen LogP contribution >= 0.6 is 0 Å². The summed E-state index contributed by atoms with van der Waals surface area (Å²) in [4.78, 5) is 0. The molecule has 2 unspecified atom stereocenters. The van der Waals surface area contributed by atoms with Crippen molar-refractivity contribution in [3.05, 3.63) is 30.3 Å². The molecule has 1 fully saturated rings. The lowest BCUT2D eigenvalue weighted by Crippen LogP contribution is -2.15. The van der Waals surface area contributed by atoms with Gasteiger partial charge in [-0.15, -0.1) is 0 Å². The van der Waals surface area contributed by atoms with Crippen LogP contribution < -0.4 is 4.18 Å². The molecule has 2 rings (SSSR count). The summed E-state index contributed by atoms with van der Waals surface area (Å²) in [5.41, 5.74) is 0. The SMILES string of the molecule is O=S(Oc1ccccc1)OC1CCCO1. The van der Waals surface area contributed by atoms with Crippen molar-refractivity contribution < 1.29 is 17.3 Å². The van der Waals surface area contributed by atoms with Crippen molar-refractivity contribution in [2.24, 2.45) is 0 Å². The maximum absolute atomic E-state index is 11.4. The summed E-state index contributed by atoms with van der Waals surface area (Å²) < 4.78 is 26.6. The first-order chi connectivity index (χ1) is 7.34. The predicted octanol–water partition coefficient (Wildman–Crippen LogP) is 1.80. The van der Waals surface area contributed by atoms with Gasteiger partial charge in [0.2, 0.25) is 0 Å². The minimum Gasteiger partial charge on any atom is -0.380 e. The summed E-state index contributed by atoms with van der Waals surface area (Å²) in [5, 5.41) is 0. The van der Waals surface area contributed by atoms with Crippen LogP contribution in [0.3, 0.4) is 0 Å². The Bertz CT molecular complexity index is 321. The molecule has 5 heteroatoms. The number of hydrogen-bond donors (Lipinski definition) is 0. The van der Waals surface area contributed by atoms with E-state index < -0.39 is 17.7 Å². The van der Waals surface area contributed by atoms with Gasteiger partial charge >= 0.3 is 11.4 Å². The summed E-state index contributed by atoms with van der Waals surface area (Å²) >= 11 is -1.79. The Kier molecular flexibility index (Phi) is 3.71. The fraction of sp³-hybridized carbons (Fsp3) is 0.400. The number of para-hydroxylation sites is 1. The number of benzene rings is 1. The first-order valence-corrected chi connectivity index (χ1v) is 5.78. The van der Waals surface area contributed by atoms with Gasteiger partial charge in [-0.25, -0.2) is 4.18 Å². The standard InChI is InChI=1S/C10H12O4S/c11-15(14-10-7-4-8-12-10)13-9-5-2-1-3-6-9/h1-3,5-6,10H,4,7-8H2. The van der Waals surface area contributed by atoms with Crippen LogP contribution in [0.2, 0.25) is 0 Å². The Hall–Kier alpha value is -0.910. The molecule has 1 aliphatic rings. The number of hydrogen-bond acceptors (Lipinski definition) is 4. The third-order valence-corrected chi connectivity index (χ3v) is 2.68. The molecule has 15 heavy (non-hydrogen) atoms. The predicted molar refractivity (Wildman–Crippen MR) is 55.3 cm³/mol. The molecule has 1 aromatic rings. The van der Waals surface area contributed by atoms with E-state index in [9.17, 15) is 4.21 Å². The van der Waals surface area contributed by atoms with Crippen molar-refractivity contribution in [2.45, 2.75) is 19.1 Å². The van der Waals surface area contributed by atoms with Gasteiger partial charge in [0.1, 0.15) is 5.75 Å². The molecule has 1 aliphatic heterocycles. The molecule has 0 amide bonds. The van der Waals surface area contributed by atoms with Crippen LogP contribution in [0.5, 0.6) is 5.75 Å². The summed E-state index contributed by atoms with van der Waals surface area (Å²) in [6.45, 7) is 0.660. The van der Waals surface area contributed by atoms with E-state index in [2.05, 4.69) is 0 Å². The zero-order chi connectivity index (χ0) is 10.5. The fourth-order valence-electron chi connectivity index (χ4n) is 1.29. The van der Waals surface area contributed by atoms with Gasteiger partial charge in [-0.1, -0.05) is 18.2 Å². The molecule has 2 atom stereocenters. The average molecular weight is 228 g/mol. The lowest BCUT2D eigenvalue weighted by molar-refractivity contribution is -0.0347. The van der Waals surface area contributed by atoms with E-state index in [1.165, 1.54) is 0 Å². The van der Waals surface area contributed by atoms with E-state index in [-0.39, 0.29) is 0 Å². The summed E-state index contributed by atoms with van der Waals surface area (Å²) in [6.07, 6.45) is 1.31. The molecule has 0 aromatic heterocycles. The van der Waals surface area contributed by atoms with Crippen LogP contribution in [0.15, 0.2) is 30.3 Å².